The number of amides is 1. The van der Waals surface area contributed by atoms with Crippen molar-refractivity contribution in [1.82, 2.24) is 5.32 Å². The van der Waals surface area contributed by atoms with Gasteiger partial charge in [0.25, 0.3) is 0 Å². The van der Waals surface area contributed by atoms with Crippen LogP contribution in [0.1, 0.15) is 26.3 Å². The van der Waals surface area contributed by atoms with Crippen molar-refractivity contribution < 1.29 is 24.2 Å². The lowest BCUT2D eigenvalue weighted by molar-refractivity contribution is -0.145. The van der Waals surface area contributed by atoms with E-state index in [0.29, 0.717) is 5.75 Å². The Morgan fingerprint density at radius 2 is 1.95 bits per heavy atom. The summed E-state index contributed by atoms with van der Waals surface area (Å²) in [5, 5.41) is 11.6. The largest absolute Gasteiger partial charge is 0.497 e. The predicted molar refractivity (Wildman–Crippen MR) is 81.6 cm³/mol. The summed E-state index contributed by atoms with van der Waals surface area (Å²) < 4.78 is 10.6. The van der Waals surface area contributed by atoms with Gasteiger partial charge in [-0.2, -0.15) is 0 Å². The van der Waals surface area contributed by atoms with E-state index in [1.165, 1.54) is 0 Å². The number of carboxylic acids is 1. The van der Waals surface area contributed by atoms with Gasteiger partial charge in [0.15, 0.2) is 0 Å². The highest BCUT2D eigenvalue weighted by molar-refractivity contribution is 5.86. The Morgan fingerprint density at radius 3 is 2.50 bits per heavy atom. The third kappa shape index (κ3) is 5.37. The number of hydrogen-bond acceptors (Lipinski definition) is 4. The fourth-order valence-corrected chi connectivity index (χ4v) is 1.84. The number of rotatable bonds is 8. The molecule has 22 heavy (non-hydrogen) atoms. The minimum absolute atomic E-state index is 0.202. The van der Waals surface area contributed by atoms with E-state index < -0.39 is 24.0 Å². The Kier molecular flexibility index (Phi) is 6.85. The van der Waals surface area contributed by atoms with E-state index in [-0.39, 0.29) is 12.5 Å². The molecule has 0 saturated heterocycles. The second kappa shape index (κ2) is 8.38. The Hall–Kier alpha value is -2.08. The highest BCUT2D eigenvalue weighted by Crippen LogP contribution is 2.14. The lowest BCUT2D eigenvalue weighted by atomic mass is 10.0. The summed E-state index contributed by atoms with van der Waals surface area (Å²) in [4.78, 5) is 23.1. The Labute approximate surface area is 130 Å². The third-order valence-corrected chi connectivity index (χ3v) is 3.23. The summed E-state index contributed by atoms with van der Waals surface area (Å²) in [5.41, 5.74) is 0.873. The van der Waals surface area contributed by atoms with Gasteiger partial charge in [-0.15, -0.1) is 0 Å². The number of aliphatic carboxylic acids is 1. The van der Waals surface area contributed by atoms with Gasteiger partial charge in [-0.05, 0) is 30.5 Å². The van der Waals surface area contributed by atoms with Crippen LogP contribution >= 0.6 is 0 Å². The summed E-state index contributed by atoms with van der Waals surface area (Å²) in [6, 6.07) is 6.41. The Bertz CT molecular complexity index is 515. The number of methoxy groups -OCH3 is 1. The van der Waals surface area contributed by atoms with Crippen molar-refractivity contribution in [2.45, 2.75) is 39.5 Å². The van der Waals surface area contributed by atoms with Crippen LogP contribution in [0.3, 0.4) is 0 Å². The third-order valence-electron chi connectivity index (χ3n) is 3.23. The van der Waals surface area contributed by atoms with E-state index in [0.717, 1.165) is 5.56 Å². The molecule has 1 aromatic carbocycles. The molecule has 0 saturated carbocycles. The molecular weight excluding hydrogens is 286 g/mol. The molecule has 1 aromatic rings. The quantitative estimate of drug-likeness (QED) is 0.765. The number of benzene rings is 1. The number of carboxylic acid groups (broad SMARTS) is 1. The molecule has 0 aliphatic carbocycles. The average molecular weight is 309 g/mol. The van der Waals surface area contributed by atoms with Gasteiger partial charge in [0, 0.05) is 0 Å². The molecule has 122 valence electrons. The van der Waals surface area contributed by atoms with Crippen LogP contribution in [-0.4, -0.2) is 36.2 Å². The normalized spacial score (nSPS) is 13.5. The summed E-state index contributed by atoms with van der Waals surface area (Å²) in [7, 11) is 1.58. The highest BCUT2D eigenvalue weighted by atomic mass is 16.5. The fourth-order valence-electron chi connectivity index (χ4n) is 1.84. The van der Waals surface area contributed by atoms with Crippen molar-refractivity contribution in [3.8, 4) is 5.75 Å². The number of ether oxygens (including phenoxy) is 2. The smallest absolute Gasteiger partial charge is 0.326 e. The van der Waals surface area contributed by atoms with Crippen molar-refractivity contribution >= 4 is 11.9 Å². The molecular formula is C16H23NO5. The average Bonchev–Trinajstić information content (AvgIpc) is 2.49. The molecule has 2 N–H and O–H groups in total. The minimum Gasteiger partial charge on any atom is -0.497 e. The number of hydrogen-bond donors (Lipinski definition) is 2. The number of carbonyl (C=O) groups is 2. The van der Waals surface area contributed by atoms with Gasteiger partial charge in [0.05, 0.1) is 13.7 Å². The first-order chi connectivity index (χ1) is 10.3. The van der Waals surface area contributed by atoms with Crippen LogP contribution in [0.4, 0.5) is 0 Å². The van der Waals surface area contributed by atoms with Gasteiger partial charge in [0.2, 0.25) is 5.91 Å². The molecule has 0 heterocycles. The van der Waals surface area contributed by atoms with E-state index in [1.54, 1.807) is 27.9 Å². The van der Waals surface area contributed by atoms with Crippen LogP contribution in [-0.2, 0) is 20.9 Å². The molecule has 0 fully saturated rings. The van der Waals surface area contributed by atoms with Crippen LogP contribution in [0.5, 0.6) is 5.75 Å². The lowest BCUT2D eigenvalue weighted by Gasteiger charge is -2.20. The summed E-state index contributed by atoms with van der Waals surface area (Å²) in [6.45, 7) is 5.31. The van der Waals surface area contributed by atoms with E-state index in [9.17, 15) is 9.59 Å². The minimum atomic E-state index is -1.05. The topological polar surface area (TPSA) is 84.9 Å². The maximum atomic E-state index is 12.0. The van der Waals surface area contributed by atoms with Crippen molar-refractivity contribution in [3.05, 3.63) is 29.8 Å². The summed E-state index contributed by atoms with van der Waals surface area (Å²) in [6.07, 6.45) is -0.744. The van der Waals surface area contributed by atoms with Gasteiger partial charge < -0.3 is 19.9 Å². The van der Waals surface area contributed by atoms with Gasteiger partial charge >= 0.3 is 5.97 Å². The zero-order valence-corrected chi connectivity index (χ0v) is 13.3. The van der Waals surface area contributed by atoms with E-state index in [1.807, 2.05) is 24.3 Å². The molecule has 2 unspecified atom stereocenters. The first-order valence-electron chi connectivity index (χ1n) is 7.12. The zero-order chi connectivity index (χ0) is 16.7. The number of carbonyl (C=O) groups excluding carboxylic acids is 1. The van der Waals surface area contributed by atoms with Gasteiger partial charge in [-0.25, -0.2) is 4.79 Å². The second-order valence-corrected chi connectivity index (χ2v) is 5.37. The Balaban J connectivity index is 2.55. The molecule has 2 atom stereocenters. The van der Waals surface area contributed by atoms with E-state index in [4.69, 9.17) is 14.6 Å². The van der Waals surface area contributed by atoms with E-state index in [2.05, 4.69) is 5.32 Å². The van der Waals surface area contributed by atoms with Crippen LogP contribution in [0.25, 0.3) is 0 Å². The molecule has 1 rings (SSSR count). The highest BCUT2D eigenvalue weighted by Gasteiger charge is 2.25. The van der Waals surface area contributed by atoms with Crippen molar-refractivity contribution in [3.63, 3.8) is 0 Å². The second-order valence-electron chi connectivity index (χ2n) is 5.37. The monoisotopic (exact) mass is 309 g/mol. The maximum Gasteiger partial charge on any atom is 0.326 e. The van der Waals surface area contributed by atoms with Crippen LogP contribution in [0.2, 0.25) is 0 Å². The summed E-state index contributed by atoms with van der Waals surface area (Å²) >= 11 is 0. The Morgan fingerprint density at radius 1 is 1.27 bits per heavy atom. The van der Waals surface area contributed by atoms with Crippen molar-refractivity contribution in [2.24, 2.45) is 5.92 Å². The first kappa shape index (κ1) is 18.0. The van der Waals surface area contributed by atoms with Gasteiger partial charge in [-0.1, -0.05) is 26.0 Å². The predicted octanol–water partition coefficient (Wildman–Crippen LogP) is 1.83. The van der Waals surface area contributed by atoms with E-state index >= 15 is 0 Å². The zero-order valence-electron chi connectivity index (χ0n) is 13.3. The SMILES string of the molecule is COc1cccc(COC(C)C(=O)NC(C(=O)O)C(C)C)c1. The van der Waals surface area contributed by atoms with Crippen LogP contribution < -0.4 is 10.1 Å². The fraction of sp³-hybridized carbons (Fsp3) is 0.500. The molecule has 6 heteroatoms. The van der Waals surface area contributed by atoms with Crippen LogP contribution in [0.15, 0.2) is 24.3 Å². The molecule has 6 nitrogen and oxygen atoms in total. The number of nitrogens with one attached hydrogen (secondary N) is 1. The molecule has 0 aliphatic heterocycles. The molecule has 0 spiro atoms. The molecule has 0 aliphatic rings. The molecule has 0 radical (unpaired) electrons. The van der Waals surface area contributed by atoms with Crippen molar-refractivity contribution in [1.29, 1.82) is 0 Å². The standard InChI is InChI=1S/C16H23NO5/c1-10(2)14(16(19)20)17-15(18)11(3)22-9-12-6-5-7-13(8-12)21-4/h5-8,10-11,14H,9H2,1-4H3,(H,17,18)(H,19,20). The maximum absolute atomic E-state index is 12.0. The van der Waals surface area contributed by atoms with Crippen LogP contribution in [0, 0.1) is 5.92 Å². The van der Waals surface area contributed by atoms with Gasteiger partial charge in [0.1, 0.15) is 17.9 Å². The first-order valence-corrected chi connectivity index (χ1v) is 7.12. The van der Waals surface area contributed by atoms with Crippen molar-refractivity contribution in [2.75, 3.05) is 7.11 Å². The molecule has 0 aromatic heterocycles. The molecule has 0 bridgehead atoms. The summed E-state index contributed by atoms with van der Waals surface area (Å²) in [5.74, 6) is -0.983. The lowest BCUT2D eigenvalue weighted by Crippen LogP contribution is -2.48. The molecule has 1 amide bonds. The van der Waals surface area contributed by atoms with Gasteiger partial charge in [-0.3, -0.25) is 4.79 Å².